The number of carbonyl (C=O) groups is 1. The van der Waals surface area contributed by atoms with Crippen molar-refractivity contribution in [3.63, 3.8) is 0 Å². The van der Waals surface area contributed by atoms with E-state index < -0.39 is 9.84 Å². The van der Waals surface area contributed by atoms with Crippen LogP contribution in [0.3, 0.4) is 0 Å². The third-order valence-corrected chi connectivity index (χ3v) is 8.14. The molecule has 0 amide bonds. The molecule has 136 valence electrons. The number of aromatic nitrogens is 2. The van der Waals surface area contributed by atoms with E-state index in [-0.39, 0.29) is 28.6 Å². The molecular weight excluding hydrogens is 356 g/mol. The second-order valence-electron chi connectivity index (χ2n) is 7.29. The quantitative estimate of drug-likeness (QED) is 0.767. The zero-order valence-electron chi connectivity index (χ0n) is 14.6. The van der Waals surface area contributed by atoms with Gasteiger partial charge in [-0.2, -0.15) is 8.75 Å². The van der Waals surface area contributed by atoms with Gasteiger partial charge < -0.3 is 0 Å². The maximum Gasteiger partial charge on any atom is 0.152 e. The molecule has 3 rings (SSSR count). The maximum atomic E-state index is 12.7. The van der Waals surface area contributed by atoms with Crippen LogP contribution >= 0.6 is 11.7 Å². The van der Waals surface area contributed by atoms with Crippen molar-refractivity contribution in [3.8, 4) is 0 Å². The third-order valence-electron chi connectivity index (χ3n) is 5.22. The summed E-state index contributed by atoms with van der Waals surface area (Å²) in [5, 5.41) is -0.320. The highest BCUT2D eigenvalue weighted by Gasteiger charge is 2.30. The summed E-state index contributed by atoms with van der Waals surface area (Å²) in [5.41, 5.74) is 2.62. The molecule has 0 radical (unpaired) electrons. The molecule has 1 fully saturated rings. The second kappa shape index (κ2) is 7.50. The Bertz CT molecular complexity index is 850. The Kier molecular flexibility index (Phi) is 5.53. The van der Waals surface area contributed by atoms with Crippen LogP contribution in [0.15, 0.2) is 18.2 Å². The first-order valence-electron chi connectivity index (χ1n) is 8.81. The van der Waals surface area contributed by atoms with Crippen LogP contribution < -0.4 is 0 Å². The van der Waals surface area contributed by atoms with Crippen LogP contribution in [0.1, 0.15) is 45.1 Å². The Morgan fingerprint density at radius 3 is 2.60 bits per heavy atom. The third kappa shape index (κ3) is 4.26. The van der Waals surface area contributed by atoms with Crippen LogP contribution in [0.2, 0.25) is 0 Å². The average Bonchev–Trinajstić information content (AvgIpc) is 3.04. The number of sulfone groups is 1. The van der Waals surface area contributed by atoms with Crippen LogP contribution in [0.4, 0.5) is 0 Å². The van der Waals surface area contributed by atoms with Gasteiger partial charge in [0.15, 0.2) is 9.84 Å². The number of fused-ring (bicyclic) bond motifs is 1. The van der Waals surface area contributed by atoms with E-state index in [0.29, 0.717) is 6.42 Å². The molecule has 0 N–H and O–H groups in total. The van der Waals surface area contributed by atoms with Crippen molar-refractivity contribution in [2.75, 3.05) is 5.75 Å². The molecule has 7 heteroatoms. The number of benzene rings is 1. The molecular formula is C18H24N2O3S2. The number of hydrogen-bond acceptors (Lipinski definition) is 6. The second-order valence-corrected chi connectivity index (χ2v) is 10.4. The average molecular weight is 381 g/mol. The van der Waals surface area contributed by atoms with Crippen molar-refractivity contribution in [1.82, 2.24) is 8.75 Å². The first kappa shape index (κ1) is 18.5. The van der Waals surface area contributed by atoms with Gasteiger partial charge in [-0.3, -0.25) is 4.79 Å². The van der Waals surface area contributed by atoms with Crippen LogP contribution in [0.25, 0.3) is 11.0 Å². The van der Waals surface area contributed by atoms with Gasteiger partial charge in [0, 0.05) is 12.3 Å². The molecule has 25 heavy (non-hydrogen) atoms. The Morgan fingerprint density at radius 1 is 1.20 bits per heavy atom. The zero-order chi connectivity index (χ0) is 18.0. The Hall–Kier alpha value is -1.34. The van der Waals surface area contributed by atoms with E-state index in [1.807, 2.05) is 18.2 Å². The fourth-order valence-electron chi connectivity index (χ4n) is 3.51. The van der Waals surface area contributed by atoms with Gasteiger partial charge in [0.1, 0.15) is 16.8 Å². The van der Waals surface area contributed by atoms with E-state index in [1.54, 1.807) is 13.8 Å². The molecule has 1 aromatic heterocycles. The number of nitrogens with zero attached hydrogens (tertiary/aromatic N) is 2. The minimum atomic E-state index is -3.00. The molecule has 1 saturated carbocycles. The zero-order valence-corrected chi connectivity index (χ0v) is 16.3. The summed E-state index contributed by atoms with van der Waals surface area (Å²) in [6.45, 7) is 3.47. The van der Waals surface area contributed by atoms with Crippen molar-refractivity contribution in [3.05, 3.63) is 23.8 Å². The van der Waals surface area contributed by atoms with Gasteiger partial charge in [-0.15, -0.1) is 0 Å². The van der Waals surface area contributed by atoms with Gasteiger partial charge in [-0.05, 0) is 57.1 Å². The van der Waals surface area contributed by atoms with Gasteiger partial charge >= 0.3 is 0 Å². The molecule has 2 aromatic rings. The predicted octanol–water partition coefficient (Wildman–Crippen LogP) is 3.43. The monoisotopic (exact) mass is 380 g/mol. The summed E-state index contributed by atoms with van der Waals surface area (Å²) in [6, 6.07) is 5.77. The standard InChI is InChI=1S/C18H24N2O3S2/c1-12(2)25(22,23)11-13-6-8-14(9-7-13)17(21)10-15-4-3-5-16-18(15)20-24-19-16/h3-5,12-14H,6-11H2,1-2H3. The van der Waals surface area contributed by atoms with Gasteiger partial charge in [0.2, 0.25) is 0 Å². The topological polar surface area (TPSA) is 77.0 Å². The predicted molar refractivity (Wildman–Crippen MR) is 100 cm³/mol. The van der Waals surface area contributed by atoms with Crippen molar-refractivity contribution >= 4 is 38.4 Å². The normalized spacial score (nSPS) is 21.7. The summed E-state index contributed by atoms with van der Waals surface area (Å²) in [4.78, 5) is 12.7. The molecule has 0 saturated heterocycles. The molecule has 0 unspecified atom stereocenters. The number of Topliss-reactive ketones (excluding diaryl/α,β-unsaturated/α-hetero) is 1. The molecule has 1 aromatic carbocycles. The largest absolute Gasteiger partial charge is 0.299 e. The Morgan fingerprint density at radius 2 is 1.92 bits per heavy atom. The van der Waals surface area contributed by atoms with Gasteiger partial charge in [-0.25, -0.2) is 8.42 Å². The smallest absolute Gasteiger partial charge is 0.152 e. The molecule has 1 aliphatic carbocycles. The van der Waals surface area contributed by atoms with Gasteiger partial charge in [0.05, 0.1) is 22.7 Å². The number of hydrogen-bond donors (Lipinski definition) is 0. The minimum Gasteiger partial charge on any atom is -0.299 e. The number of ketones is 1. The van der Waals surface area contributed by atoms with E-state index in [1.165, 1.54) is 11.7 Å². The summed E-state index contributed by atoms with van der Waals surface area (Å²) < 4.78 is 32.7. The molecule has 5 nitrogen and oxygen atoms in total. The van der Waals surface area contributed by atoms with Crippen molar-refractivity contribution in [2.24, 2.45) is 11.8 Å². The first-order chi connectivity index (χ1) is 11.9. The highest BCUT2D eigenvalue weighted by molar-refractivity contribution is 7.91. The summed E-state index contributed by atoms with van der Waals surface area (Å²) in [5.74, 6) is 0.739. The summed E-state index contributed by atoms with van der Waals surface area (Å²) in [7, 11) is -3.00. The van der Waals surface area contributed by atoms with Crippen molar-refractivity contribution in [2.45, 2.75) is 51.2 Å². The lowest BCUT2D eigenvalue weighted by Gasteiger charge is -2.28. The molecule has 1 aliphatic rings. The lowest BCUT2D eigenvalue weighted by atomic mass is 9.79. The lowest BCUT2D eigenvalue weighted by molar-refractivity contribution is -0.123. The summed E-state index contributed by atoms with van der Waals surface area (Å²) >= 11 is 1.17. The van der Waals surface area contributed by atoms with E-state index in [9.17, 15) is 13.2 Å². The van der Waals surface area contributed by atoms with E-state index in [0.717, 1.165) is 42.3 Å². The fourth-order valence-corrected chi connectivity index (χ4v) is 5.45. The van der Waals surface area contributed by atoms with Crippen LogP contribution in [-0.2, 0) is 21.1 Å². The molecule has 0 aliphatic heterocycles. The van der Waals surface area contributed by atoms with Crippen LogP contribution in [-0.4, -0.2) is 34.0 Å². The van der Waals surface area contributed by atoms with E-state index in [4.69, 9.17) is 0 Å². The number of carbonyl (C=O) groups excluding carboxylic acids is 1. The Labute approximate surface area is 153 Å². The summed E-state index contributed by atoms with van der Waals surface area (Å²) in [6.07, 6.45) is 3.63. The van der Waals surface area contributed by atoms with Crippen molar-refractivity contribution in [1.29, 1.82) is 0 Å². The lowest BCUT2D eigenvalue weighted by Crippen LogP contribution is -2.29. The highest BCUT2D eigenvalue weighted by Crippen LogP contribution is 2.32. The molecule has 0 bridgehead atoms. The van der Waals surface area contributed by atoms with Crippen LogP contribution in [0, 0.1) is 11.8 Å². The van der Waals surface area contributed by atoms with E-state index in [2.05, 4.69) is 8.75 Å². The van der Waals surface area contributed by atoms with Gasteiger partial charge in [0.25, 0.3) is 0 Å². The van der Waals surface area contributed by atoms with E-state index >= 15 is 0 Å². The maximum absolute atomic E-state index is 12.7. The molecule has 1 heterocycles. The minimum absolute atomic E-state index is 0.0415. The highest BCUT2D eigenvalue weighted by atomic mass is 32.2. The first-order valence-corrected chi connectivity index (χ1v) is 11.3. The Balaban J connectivity index is 1.58. The van der Waals surface area contributed by atoms with Gasteiger partial charge in [-0.1, -0.05) is 12.1 Å². The SMILES string of the molecule is CC(C)S(=O)(=O)CC1CCC(C(=O)Cc2cccc3nsnc23)CC1. The molecule has 0 atom stereocenters. The fraction of sp³-hybridized carbons (Fsp3) is 0.611. The van der Waals surface area contributed by atoms with Crippen molar-refractivity contribution < 1.29 is 13.2 Å². The number of rotatable bonds is 6. The van der Waals surface area contributed by atoms with Crippen LogP contribution in [0.5, 0.6) is 0 Å². The molecule has 0 spiro atoms.